The lowest BCUT2D eigenvalue weighted by atomic mass is 9.92. The molecule has 3 N–H and O–H groups in total. The molecular formula is C19H28N4O. The van der Waals surface area contributed by atoms with Crippen molar-refractivity contribution in [3.05, 3.63) is 41.6 Å². The first-order valence-corrected chi connectivity index (χ1v) is 8.34. The third kappa shape index (κ3) is 3.85. The van der Waals surface area contributed by atoms with Gasteiger partial charge in [-0.2, -0.15) is 5.10 Å². The Bertz CT molecular complexity index is 725. The predicted molar refractivity (Wildman–Crippen MR) is 98.4 cm³/mol. The maximum Gasteiger partial charge on any atom is 0.229 e. The molecule has 2 atom stereocenters. The van der Waals surface area contributed by atoms with E-state index in [1.165, 1.54) is 0 Å². The number of amides is 1. The molecule has 0 aliphatic heterocycles. The maximum absolute atomic E-state index is 12.4. The zero-order valence-electron chi connectivity index (χ0n) is 15.4. The van der Waals surface area contributed by atoms with E-state index >= 15 is 0 Å². The highest BCUT2D eigenvalue weighted by atomic mass is 16.2. The molecular weight excluding hydrogens is 300 g/mol. The molecule has 0 saturated carbocycles. The van der Waals surface area contributed by atoms with Crippen molar-refractivity contribution in [2.75, 3.05) is 5.32 Å². The quantitative estimate of drug-likeness (QED) is 0.903. The second-order valence-electron chi connectivity index (χ2n) is 7.50. The Morgan fingerprint density at radius 2 is 1.88 bits per heavy atom. The number of carbonyl (C=O) groups excluding carboxylic acids is 1. The average molecular weight is 328 g/mol. The summed E-state index contributed by atoms with van der Waals surface area (Å²) in [5.41, 5.74) is 8.72. The lowest BCUT2D eigenvalue weighted by Crippen LogP contribution is -2.34. The number of hydrogen-bond donors (Lipinski definition) is 2. The number of hydrogen-bond acceptors (Lipinski definition) is 3. The van der Waals surface area contributed by atoms with Crippen molar-refractivity contribution < 1.29 is 4.79 Å². The number of anilines is 1. The molecule has 0 saturated heterocycles. The molecule has 0 bridgehead atoms. The summed E-state index contributed by atoms with van der Waals surface area (Å²) in [6.45, 7) is 12.0. The zero-order valence-corrected chi connectivity index (χ0v) is 15.4. The number of aryl methyl sites for hydroxylation is 1. The third-order valence-corrected chi connectivity index (χ3v) is 4.27. The Morgan fingerprint density at radius 1 is 1.25 bits per heavy atom. The lowest BCUT2D eigenvalue weighted by Gasteiger charge is -2.16. The zero-order chi connectivity index (χ0) is 18.1. The molecule has 2 rings (SSSR count). The molecule has 1 amide bonds. The van der Waals surface area contributed by atoms with Gasteiger partial charge in [0.15, 0.2) is 0 Å². The molecule has 5 nitrogen and oxygen atoms in total. The van der Waals surface area contributed by atoms with E-state index in [2.05, 4.69) is 26.1 Å². The van der Waals surface area contributed by atoms with Gasteiger partial charge < -0.3 is 11.1 Å². The van der Waals surface area contributed by atoms with Gasteiger partial charge in [-0.1, -0.05) is 45.9 Å². The van der Waals surface area contributed by atoms with Gasteiger partial charge in [-0.05, 0) is 25.5 Å². The van der Waals surface area contributed by atoms with E-state index in [0.29, 0.717) is 5.82 Å². The summed E-state index contributed by atoms with van der Waals surface area (Å²) in [6.07, 6.45) is 0. The summed E-state index contributed by atoms with van der Waals surface area (Å²) in [7, 11) is 0. The van der Waals surface area contributed by atoms with Crippen LogP contribution in [-0.4, -0.2) is 21.7 Å². The minimum absolute atomic E-state index is 0.0970. The molecule has 1 heterocycles. The largest absolute Gasteiger partial charge is 0.327 e. The summed E-state index contributed by atoms with van der Waals surface area (Å²) >= 11 is 0. The van der Waals surface area contributed by atoms with Gasteiger partial charge >= 0.3 is 0 Å². The summed E-state index contributed by atoms with van der Waals surface area (Å²) in [5.74, 6) is 0.301. The first kappa shape index (κ1) is 18.2. The van der Waals surface area contributed by atoms with E-state index in [0.717, 1.165) is 16.9 Å². The highest BCUT2D eigenvalue weighted by Gasteiger charge is 2.24. The van der Waals surface area contributed by atoms with Crippen LogP contribution in [0, 0.1) is 12.8 Å². The Kier molecular flexibility index (Phi) is 5.13. The van der Waals surface area contributed by atoms with Crippen LogP contribution in [0.2, 0.25) is 0 Å². The van der Waals surface area contributed by atoms with Crippen LogP contribution < -0.4 is 11.1 Å². The first-order chi connectivity index (χ1) is 11.1. The number of rotatable bonds is 4. The number of aromatic nitrogens is 2. The van der Waals surface area contributed by atoms with Crippen molar-refractivity contribution >= 4 is 11.7 Å². The van der Waals surface area contributed by atoms with E-state index in [4.69, 9.17) is 10.8 Å². The molecule has 0 aliphatic carbocycles. The fraction of sp³-hybridized carbons (Fsp3) is 0.474. The Balaban J connectivity index is 2.48. The highest BCUT2D eigenvalue weighted by molar-refractivity contribution is 5.92. The molecule has 2 aromatic rings. The highest BCUT2D eigenvalue weighted by Crippen LogP contribution is 2.27. The smallest absolute Gasteiger partial charge is 0.229 e. The molecule has 2 unspecified atom stereocenters. The van der Waals surface area contributed by atoms with Gasteiger partial charge in [-0.3, -0.25) is 4.79 Å². The first-order valence-electron chi connectivity index (χ1n) is 8.34. The van der Waals surface area contributed by atoms with Gasteiger partial charge in [0.05, 0.1) is 17.3 Å². The maximum atomic E-state index is 12.4. The third-order valence-electron chi connectivity index (χ3n) is 4.27. The fourth-order valence-electron chi connectivity index (χ4n) is 2.30. The SMILES string of the molecule is Cc1ccccc1-n1nc(C(C)(C)C)cc1NC(=O)C(C)C(C)N. The van der Waals surface area contributed by atoms with Gasteiger partial charge in [0.2, 0.25) is 5.91 Å². The minimum atomic E-state index is -0.275. The van der Waals surface area contributed by atoms with Crippen LogP contribution in [0.3, 0.4) is 0 Å². The number of nitrogens with zero attached hydrogens (tertiary/aromatic N) is 2. The lowest BCUT2D eigenvalue weighted by molar-refractivity contribution is -0.119. The van der Waals surface area contributed by atoms with Gasteiger partial charge in [-0.15, -0.1) is 0 Å². The van der Waals surface area contributed by atoms with Crippen LogP contribution in [0.4, 0.5) is 5.82 Å². The van der Waals surface area contributed by atoms with Crippen LogP contribution >= 0.6 is 0 Å². The van der Waals surface area contributed by atoms with Crippen LogP contribution in [0.5, 0.6) is 0 Å². The Hall–Kier alpha value is -2.14. The summed E-state index contributed by atoms with van der Waals surface area (Å²) < 4.78 is 1.81. The van der Waals surface area contributed by atoms with Crippen LogP contribution in [0.1, 0.15) is 45.9 Å². The van der Waals surface area contributed by atoms with Crippen LogP contribution in [-0.2, 0) is 10.2 Å². The molecule has 0 spiro atoms. The molecule has 0 aliphatic rings. The van der Waals surface area contributed by atoms with Gasteiger partial charge in [-0.25, -0.2) is 4.68 Å². The summed E-state index contributed by atoms with van der Waals surface area (Å²) in [5, 5.41) is 7.73. The molecule has 1 aromatic carbocycles. The van der Waals surface area contributed by atoms with E-state index in [-0.39, 0.29) is 23.3 Å². The normalized spacial score (nSPS) is 14.3. The average Bonchev–Trinajstić information content (AvgIpc) is 2.90. The standard InChI is InChI=1S/C19H28N4O/c1-12-9-7-8-10-15(12)23-17(11-16(22-23)19(4,5)6)21-18(24)13(2)14(3)20/h7-11,13-14H,20H2,1-6H3,(H,21,24). The van der Waals surface area contributed by atoms with E-state index in [1.807, 2.05) is 55.8 Å². The summed E-state index contributed by atoms with van der Waals surface area (Å²) in [6, 6.07) is 9.73. The Labute approximate surface area is 144 Å². The number of para-hydroxylation sites is 1. The molecule has 1 aromatic heterocycles. The monoisotopic (exact) mass is 328 g/mol. The molecule has 0 fully saturated rings. The van der Waals surface area contributed by atoms with Gasteiger partial charge in [0.1, 0.15) is 5.82 Å². The van der Waals surface area contributed by atoms with Crippen molar-refractivity contribution in [1.29, 1.82) is 0 Å². The van der Waals surface area contributed by atoms with Crippen molar-refractivity contribution in [3.63, 3.8) is 0 Å². The summed E-state index contributed by atoms with van der Waals surface area (Å²) in [4.78, 5) is 12.4. The number of carbonyl (C=O) groups is 1. The second-order valence-corrected chi connectivity index (χ2v) is 7.50. The predicted octanol–water partition coefficient (Wildman–Crippen LogP) is 3.40. The van der Waals surface area contributed by atoms with Crippen molar-refractivity contribution in [2.45, 2.75) is 53.0 Å². The van der Waals surface area contributed by atoms with Crippen LogP contribution in [0.25, 0.3) is 5.69 Å². The van der Waals surface area contributed by atoms with Crippen molar-refractivity contribution in [3.8, 4) is 5.69 Å². The fourth-order valence-corrected chi connectivity index (χ4v) is 2.30. The molecule has 0 radical (unpaired) electrons. The van der Waals surface area contributed by atoms with E-state index in [9.17, 15) is 4.79 Å². The molecule has 130 valence electrons. The van der Waals surface area contributed by atoms with E-state index in [1.54, 1.807) is 0 Å². The minimum Gasteiger partial charge on any atom is -0.327 e. The van der Waals surface area contributed by atoms with Crippen LogP contribution in [0.15, 0.2) is 30.3 Å². The Morgan fingerprint density at radius 3 is 2.42 bits per heavy atom. The van der Waals surface area contributed by atoms with Crippen molar-refractivity contribution in [1.82, 2.24) is 9.78 Å². The number of nitrogens with two attached hydrogens (primary N) is 1. The topological polar surface area (TPSA) is 72.9 Å². The number of benzene rings is 1. The van der Waals surface area contributed by atoms with Gasteiger partial charge in [0, 0.05) is 17.5 Å². The second kappa shape index (κ2) is 6.77. The van der Waals surface area contributed by atoms with E-state index < -0.39 is 0 Å². The van der Waals surface area contributed by atoms with Crippen molar-refractivity contribution in [2.24, 2.45) is 11.7 Å². The van der Waals surface area contributed by atoms with Gasteiger partial charge in [0.25, 0.3) is 0 Å². The molecule has 24 heavy (non-hydrogen) atoms. The number of nitrogens with one attached hydrogen (secondary N) is 1. The molecule has 5 heteroatoms.